The van der Waals surface area contributed by atoms with Gasteiger partial charge in [-0.15, -0.1) is 0 Å². The van der Waals surface area contributed by atoms with Crippen LogP contribution in [0.2, 0.25) is 0 Å². The Hall–Kier alpha value is -0.860. The van der Waals surface area contributed by atoms with Crippen molar-refractivity contribution in [3.63, 3.8) is 0 Å². The Morgan fingerprint density at radius 2 is 1.85 bits per heavy atom. The smallest absolute Gasteiger partial charge is 0.168 e. The van der Waals surface area contributed by atoms with Gasteiger partial charge in [-0.25, -0.2) is 0 Å². The molecule has 1 rings (SSSR count). The molecule has 0 heterocycles. The molecule has 0 spiro atoms. The molecule has 1 aromatic carbocycles. The highest BCUT2D eigenvalue weighted by molar-refractivity contribution is 5.20. The van der Waals surface area contributed by atoms with E-state index in [0.717, 1.165) is 5.56 Å². The third kappa shape index (κ3) is 2.29. The Labute approximate surface area is 79.2 Å². The normalized spacial score (nSPS) is 17.8. The number of rotatable bonds is 3. The van der Waals surface area contributed by atoms with Crippen molar-refractivity contribution >= 4 is 0 Å². The molecule has 2 nitrogen and oxygen atoms in total. The quantitative estimate of drug-likeness (QED) is 0.722. The molecule has 0 aliphatic carbocycles. The zero-order valence-electron chi connectivity index (χ0n) is 8.32. The molecule has 0 aliphatic rings. The van der Waals surface area contributed by atoms with Crippen molar-refractivity contribution in [2.45, 2.75) is 25.6 Å². The van der Waals surface area contributed by atoms with Gasteiger partial charge in [0.1, 0.15) is 0 Å². The minimum absolute atomic E-state index is 0.0290. The van der Waals surface area contributed by atoms with Gasteiger partial charge < -0.3 is 9.84 Å². The summed E-state index contributed by atoms with van der Waals surface area (Å²) >= 11 is 0. The molecular weight excluding hydrogens is 164 g/mol. The predicted molar refractivity (Wildman–Crippen MR) is 52.5 cm³/mol. The van der Waals surface area contributed by atoms with E-state index in [0.29, 0.717) is 0 Å². The van der Waals surface area contributed by atoms with Gasteiger partial charge >= 0.3 is 0 Å². The number of hydrogen-bond acceptors (Lipinski definition) is 2. The second kappa shape index (κ2) is 3.90. The lowest BCUT2D eigenvalue weighted by molar-refractivity contribution is -0.184. The van der Waals surface area contributed by atoms with Gasteiger partial charge in [-0.1, -0.05) is 37.3 Å². The van der Waals surface area contributed by atoms with Crippen molar-refractivity contribution in [1.82, 2.24) is 0 Å². The maximum atomic E-state index is 9.82. The Bertz CT molecular complexity index is 254. The number of hydrogen-bond donors (Lipinski definition) is 1. The van der Waals surface area contributed by atoms with E-state index in [9.17, 15) is 5.11 Å². The van der Waals surface area contributed by atoms with E-state index in [2.05, 4.69) is 0 Å². The van der Waals surface area contributed by atoms with Crippen molar-refractivity contribution in [2.24, 2.45) is 0 Å². The van der Waals surface area contributed by atoms with Gasteiger partial charge in [0.25, 0.3) is 0 Å². The molecular formula is C11H16O2. The third-order valence-corrected chi connectivity index (χ3v) is 2.52. The molecule has 0 aliphatic heterocycles. The van der Waals surface area contributed by atoms with Crippen molar-refractivity contribution in [2.75, 3.05) is 7.11 Å². The fourth-order valence-electron chi connectivity index (χ4n) is 1.23. The van der Waals surface area contributed by atoms with Crippen molar-refractivity contribution in [3.8, 4) is 0 Å². The van der Waals surface area contributed by atoms with Crippen LogP contribution in [-0.2, 0) is 4.74 Å². The first kappa shape index (κ1) is 10.2. The maximum absolute atomic E-state index is 9.82. The molecule has 0 amide bonds. The second-order valence-electron chi connectivity index (χ2n) is 3.39. The van der Waals surface area contributed by atoms with Crippen LogP contribution >= 0.6 is 0 Å². The lowest BCUT2D eigenvalue weighted by Crippen LogP contribution is -2.33. The third-order valence-electron chi connectivity index (χ3n) is 2.52. The highest BCUT2D eigenvalue weighted by Gasteiger charge is 2.28. The SMILES string of the molecule is COC(C)(O)C(C)c1ccccc1. The topological polar surface area (TPSA) is 29.5 Å². The average molecular weight is 180 g/mol. The van der Waals surface area contributed by atoms with E-state index in [1.54, 1.807) is 6.92 Å². The van der Waals surface area contributed by atoms with E-state index in [1.807, 2.05) is 37.3 Å². The zero-order chi connectivity index (χ0) is 9.90. The van der Waals surface area contributed by atoms with Gasteiger partial charge in [-0.3, -0.25) is 0 Å². The summed E-state index contributed by atoms with van der Waals surface area (Å²) in [6.07, 6.45) is 0. The Kier molecular flexibility index (Phi) is 3.07. The summed E-state index contributed by atoms with van der Waals surface area (Å²) in [5, 5.41) is 9.82. The van der Waals surface area contributed by atoms with Crippen LogP contribution in [0.15, 0.2) is 30.3 Å². The highest BCUT2D eigenvalue weighted by Crippen LogP contribution is 2.27. The molecule has 2 heteroatoms. The van der Waals surface area contributed by atoms with Gasteiger partial charge in [0, 0.05) is 13.0 Å². The van der Waals surface area contributed by atoms with Crippen LogP contribution in [0.4, 0.5) is 0 Å². The van der Waals surface area contributed by atoms with Crippen LogP contribution in [0, 0.1) is 0 Å². The zero-order valence-corrected chi connectivity index (χ0v) is 8.32. The standard InChI is InChI=1S/C11H16O2/c1-9(11(2,12)13-3)10-7-5-4-6-8-10/h4-9,12H,1-3H3. The Morgan fingerprint density at radius 1 is 1.31 bits per heavy atom. The summed E-state index contributed by atoms with van der Waals surface area (Å²) in [5.74, 6) is -1.12. The lowest BCUT2D eigenvalue weighted by Gasteiger charge is -2.28. The van der Waals surface area contributed by atoms with Crippen molar-refractivity contribution < 1.29 is 9.84 Å². The Balaban J connectivity index is 2.85. The highest BCUT2D eigenvalue weighted by atomic mass is 16.6. The predicted octanol–water partition coefficient (Wildman–Crippen LogP) is 2.14. The van der Waals surface area contributed by atoms with Gasteiger partial charge in [0.2, 0.25) is 0 Å². The van der Waals surface area contributed by atoms with E-state index in [1.165, 1.54) is 7.11 Å². The van der Waals surface area contributed by atoms with Crippen LogP contribution in [0.5, 0.6) is 0 Å². The average Bonchev–Trinajstić information content (AvgIpc) is 2.18. The Morgan fingerprint density at radius 3 is 2.31 bits per heavy atom. The van der Waals surface area contributed by atoms with Gasteiger partial charge in [0.15, 0.2) is 5.79 Å². The van der Waals surface area contributed by atoms with Crippen LogP contribution in [0.1, 0.15) is 25.3 Å². The fraction of sp³-hybridized carbons (Fsp3) is 0.455. The first-order valence-electron chi connectivity index (χ1n) is 4.40. The second-order valence-corrected chi connectivity index (χ2v) is 3.39. The van der Waals surface area contributed by atoms with Crippen molar-refractivity contribution in [1.29, 1.82) is 0 Å². The number of benzene rings is 1. The fourth-order valence-corrected chi connectivity index (χ4v) is 1.23. The molecule has 2 atom stereocenters. The van der Waals surface area contributed by atoms with Gasteiger partial charge in [0.05, 0.1) is 0 Å². The molecule has 0 saturated carbocycles. The van der Waals surface area contributed by atoms with E-state index in [-0.39, 0.29) is 5.92 Å². The van der Waals surface area contributed by atoms with Crippen LogP contribution < -0.4 is 0 Å². The van der Waals surface area contributed by atoms with Crippen LogP contribution in [0.25, 0.3) is 0 Å². The molecule has 72 valence electrons. The largest absolute Gasteiger partial charge is 0.365 e. The van der Waals surface area contributed by atoms with E-state index in [4.69, 9.17) is 4.74 Å². The number of methoxy groups -OCH3 is 1. The molecule has 13 heavy (non-hydrogen) atoms. The van der Waals surface area contributed by atoms with Gasteiger partial charge in [-0.05, 0) is 12.5 Å². The summed E-state index contributed by atoms with van der Waals surface area (Å²) in [4.78, 5) is 0. The van der Waals surface area contributed by atoms with E-state index >= 15 is 0 Å². The summed E-state index contributed by atoms with van der Waals surface area (Å²) in [7, 11) is 1.51. The summed E-state index contributed by atoms with van der Waals surface area (Å²) in [5.41, 5.74) is 1.08. The monoisotopic (exact) mass is 180 g/mol. The van der Waals surface area contributed by atoms with Crippen LogP contribution in [-0.4, -0.2) is 18.0 Å². The minimum atomic E-state index is -1.10. The summed E-state index contributed by atoms with van der Waals surface area (Å²) < 4.78 is 5.01. The molecule has 0 aromatic heterocycles. The number of ether oxygens (including phenoxy) is 1. The molecule has 0 fully saturated rings. The van der Waals surface area contributed by atoms with Crippen LogP contribution in [0.3, 0.4) is 0 Å². The number of aliphatic hydroxyl groups is 1. The molecule has 1 N–H and O–H groups in total. The maximum Gasteiger partial charge on any atom is 0.168 e. The lowest BCUT2D eigenvalue weighted by atomic mass is 9.93. The summed E-state index contributed by atoms with van der Waals surface area (Å²) in [6.45, 7) is 3.61. The minimum Gasteiger partial charge on any atom is -0.365 e. The molecule has 0 bridgehead atoms. The van der Waals surface area contributed by atoms with Gasteiger partial charge in [-0.2, -0.15) is 0 Å². The molecule has 0 saturated heterocycles. The molecule has 1 aromatic rings. The van der Waals surface area contributed by atoms with Crippen molar-refractivity contribution in [3.05, 3.63) is 35.9 Å². The first-order valence-corrected chi connectivity index (χ1v) is 4.40. The molecule has 2 unspecified atom stereocenters. The first-order chi connectivity index (χ1) is 6.08. The molecule has 0 radical (unpaired) electrons. The van der Waals surface area contributed by atoms with E-state index < -0.39 is 5.79 Å². The summed E-state index contributed by atoms with van der Waals surface area (Å²) in [6, 6.07) is 9.84.